The van der Waals surface area contributed by atoms with Crippen molar-refractivity contribution in [1.82, 2.24) is 5.32 Å². The maximum absolute atomic E-state index is 13.1. The molecule has 1 unspecified atom stereocenters. The largest absolute Gasteiger partial charge is 0.416 e. The predicted molar refractivity (Wildman–Crippen MR) is 101 cm³/mol. The van der Waals surface area contributed by atoms with Crippen molar-refractivity contribution in [3.8, 4) is 0 Å². The first-order chi connectivity index (χ1) is 14.1. The molecular weight excluding hydrogens is 408 g/mol. The molecular formula is C22H23F6NO. The molecule has 164 valence electrons. The van der Waals surface area contributed by atoms with Crippen LogP contribution in [-0.2, 0) is 29.1 Å². The molecule has 1 fully saturated rings. The Bertz CT molecular complexity index is 792. The molecule has 1 aliphatic heterocycles. The summed E-state index contributed by atoms with van der Waals surface area (Å²) in [6, 6.07) is 11.3. The van der Waals surface area contributed by atoms with Gasteiger partial charge in [-0.15, -0.1) is 0 Å². The molecule has 2 aromatic rings. The van der Waals surface area contributed by atoms with Crippen LogP contribution in [0.2, 0.25) is 0 Å². The van der Waals surface area contributed by atoms with Gasteiger partial charge >= 0.3 is 12.4 Å². The Morgan fingerprint density at radius 3 is 2.07 bits per heavy atom. The molecule has 1 saturated heterocycles. The summed E-state index contributed by atoms with van der Waals surface area (Å²) in [5.74, 6) is 0. The highest BCUT2D eigenvalue weighted by molar-refractivity contribution is 5.33. The van der Waals surface area contributed by atoms with Gasteiger partial charge in [-0.05, 0) is 61.7 Å². The van der Waals surface area contributed by atoms with Crippen molar-refractivity contribution in [1.29, 1.82) is 0 Å². The molecule has 0 spiro atoms. The van der Waals surface area contributed by atoms with E-state index in [2.05, 4.69) is 5.32 Å². The standard InChI is InChI=1S/C22H23F6NO/c23-21(24,25)18-11-16(12-19(13-18)22(26,27)28)14-30-15-20(7-4-9-29-10-8-20)17-5-2-1-3-6-17/h1-3,5-6,11-13,29H,4,7-10,14-15H2. The lowest BCUT2D eigenvalue weighted by atomic mass is 9.75. The van der Waals surface area contributed by atoms with E-state index in [1.165, 1.54) is 0 Å². The second-order valence-electron chi connectivity index (χ2n) is 7.66. The molecule has 0 radical (unpaired) electrons. The highest BCUT2D eigenvalue weighted by atomic mass is 19.4. The maximum Gasteiger partial charge on any atom is 0.416 e. The lowest BCUT2D eigenvalue weighted by molar-refractivity contribution is -0.143. The van der Waals surface area contributed by atoms with Gasteiger partial charge in [0.1, 0.15) is 0 Å². The molecule has 3 rings (SSSR count). The molecule has 0 saturated carbocycles. The van der Waals surface area contributed by atoms with Crippen LogP contribution in [0, 0.1) is 0 Å². The van der Waals surface area contributed by atoms with Gasteiger partial charge in [-0.2, -0.15) is 26.3 Å². The summed E-state index contributed by atoms with van der Waals surface area (Å²) in [5.41, 5.74) is -2.07. The Hall–Kier alpha value is -2.06. The van der Waals surface area contributed by atoms with E-state index in [1.807, 2.05) is 30.3 Å². The normalized spacial score (nSPS) is 20.7. The van der Waals surface area contributed by atoms with Gasteiger partial charge < -0.3 is 10.1 Å². The monoisotopic (exact) mass is 431 g/mol. The number of benzene rings is 2. The molecule has 0 amide bonds. The summed E-state index contributed by atoms with van der Waals surface area (Å²) in [6.07, 6.45) is -7.24. The van der Waals surface area contributed by atoms with Crippen molar-refractivity contribution in [2.45, 2.75) is 43.6 Å². The second kappa shape index (κ2) is 8.98. The summed E-state index contributed by atoms with van der Waals surface area (Å²) < 4.78 is 84.1. The van der Waals surface area contributed by atoms with Gasteiger partial charge in [0.2, 0.25) is 0 Å². The van der Waals surface area contributed by atoms with Crippen LogP contribution in [0.25, 0.3) is 0 Å². The zero-order chi connectivity index (χ0) is 21.8. The van der Waals surface area contributed by atoms with Crippen LogP contribution in [0.4, 0.5) is 26.3 Å². The predicted octanol–water partition coefficient (Wildman–Crippen LogP) is 5.95. The van der Waals surface area contributed by atoms with Gasteiger partial charge in [-0.25, -0.2) is 0 Å². The Morgan fingerprint density at radius 1 is 0.833 bits per heavy atom. The third kappa shape index (κ3) is 5.55. The summed E-state index contributed by atoms with van der Waals surface area (Å²) in [7, 11) is 0. The third-order valence-electron chi connectivity index (χ3n) is 5.47. The molecule has 0 bridgehead atoms. The van der Waals surface area contributed by atoms with Gasteiger partial charge in [0.05, 0.1) is 24.3 Å². The number of ether oxygens (including phenoxy) is 1. The second-order valence-corrected chi connectivity index (χ2v) is 7.66. The number of alkyl halides is 6. The minimum absolute atomic E-state index is 0.131. The highest BCUT2D eigenvalue weighted by Gasteiger charge is 2.37. The van der Waals surface area contributed by atoms with Gasteiger partial charge in [-0.1, -0.05) is 30.3 Å². The van der Waals surface area contributed by atoms with Crippen molar-refractivity contribution in [3.05, 3.63) is 70.8 Å². The van der Waals surface area contributed by atoms with Crippen molar-refractivity contribution < 1.29 is 31.1 Å². The van der Waals surface area contributed by atoms with Crippen LogP contribution < -0.4 is 5.32 Å². The van der Waals surface area contributed by atoms with Crippen LogP contribution in [-0.4, -0.2) is 19.7 Å². The first-order valence-corrected chi connectivity index (χ1v) is 9.73. The van der Waals surface area contributed by atoms with Gasteiger partial charge in [0, 0.05) is 5.41 Å². The van der Waals surface area contributed by atoms with E-state index in [1.54, 1.807) is 0 Å². The van der Waals surface area contributed by atoms with Crippen LogP contribution in [0.5, 0.6) is 0 Å². The minimum Gasteiger partial charge on any atom is -0.376 e. The van der Waals surface area contributed by atoms with E-state index in [4.69, 9.17) is 4.74 Å². The molecule has 1 N–H and O–H groups in total. The van der Waals surface area contributed by atoms with Crippen molar-refractivity contribution in [2.24, 2.45) is 0 Å². The smallest absolute Gasteiger partial charge is 0.376 e. The molecule has 2 aromatic carbocycles. The number of halogens is 6. The van der Waals surface area contributed by atoms with E-state index in [0.29, 0.717) is 0 Å². The molecule has 2 nitrogen and oxygen atoms in total. The lowest BCUT2D eigenvalue weighted by Gasteiger charge is -2.33. The average molecular weight is 431 g/mol. The minimum atomic E-state index is -4.87. The lowest BCUT2D eigenvalue weighted by Crippen LogP contribution is -2.33. The van der Waals surface area contributed by atoms with E-state index in [0.717, 1.165) is 50.0 Å². The van der Waals surface area contributed by atoms with Crippen molar-refractivity contribution in [3.63, 3.8) is 0 Å². The zero-order valence-electron chi connectivity index (χ0n) is 16.2. The third-order valence-corrected chi connectivity index (χ3v) is 5.47. The zero-order valence-corrected chi connectivity index (χ0v) is 16.2. The number of hydrogen-bond donors (Lipinski definition) is 1. The Morgan fingerprint density at radius 2 is 1.47 bits per heavy atom. The van der Waals surface area contributed by atoms with E-state index in [9.17, 15) is 26.3 Å². The highest BCUT2D eigenvalue weighted by Crippen LogP contribution is 2.37. The average Bonchev–Trinajstić information content (AvgIpc) is 2.94. The van der Waals surface area contributed by atoms with Gasteiger partial charge in [-0.3, -0.25) is 0 Å². The van der Waals surface area contributed by atoms with E-state index < -0.39 is 23.5 Å². The Labute approximate surface area is 171 Å². The summed E-state index contributed by atoms with van der Waals surface area (Å²) in [4.78, 5) is 0. The maximum atomic E-state index is 13.1. The molecule has 1 heterocycles. The first-order valence-electron chi connectivity index (χ1n) is 9.73. The first kappa shape index (κ1) is 22.6. The topological polar surface area (TPSA) is 21.3 Å². The van der Waals surface area contributed by atoms with Crippen LogP contribution in [0.3, 0.4) is 0 Å². The van der Waals surface area contributed by atoms with Gasteiger partial charge in [0.25, 0.3) is 0 Å². The quantitative estimate of drug-likeness (QED) is 0.591. The molecule has 0 aromatic heterocycles. The van der Waals surface area contributed by atoms with E-state index >= 15 is 0 Å². The molecule has 8 heteroatoms. The Balaban J connectivity index is 1.81. The van der Waals surface area contributed by atoms with E-state index in [-0.39, 0.29) is 30.3 Å². The summed E-state index contributed by atoms with van der Waals surface area (Å²) in [6.45, 7) is 1.52. The number of rotatable bonds is 5. The molecule has 1 aliphatic rings. The van der Waals surface area contributed by atoms with Crippen LogP contribution in [0.1, 0.15) is 41.5 Å². The van der Waals surface area contributed by atoms with Crippen LogP contribution >= 0.6 is 0 Å². The summed E-state index contributed by atoms with van der Waals surface area (Å²) in [5, 5.41) is 3.32. The fourth-order valence-electron chi connectivity index (χ4n) is 3.90. The van der Waals surface area contributed by atoms with Crippen molar-refractivity contribution >= 4 is 0 Å². The van der Waals surface area contributed by atoms with Gasteiger partial charge in [0.15, 0.2) is 0 Å². The summed E-state index contributed by atoms with van der Waals surface area (Å²) >= 11 is 0. The fraction of sp³-hybridized carbons (Fsp3) is 0.455. The SMILES string of the molecule is FC(F)(F)c1cc(COCC2(c3ccccc3)CCCNCC2)cc(C(F)(F)F)c1. The molecule has 0 aliphatic carbocycles. The van der Waals surface area contributed by atoms with Crippen molar-refractivity contribution in [2.75, 3.05) is 19.7 Å². The molecule has 1 atom stereocenters. The number of hydrogen-bond acceptors (Lipinski definition) is 2. The molecule has 30 heavy (non-hydrogen) atoms. The Kier molecular flexibility index (Phi) is 6.77. The van der Waals surface area contributed by atoms with Crippen LogP contribution in [0.15, 0.2) is 48.5 Å². The number of nitrogens with one attached hydrogen (secondary N) is 1. The fourth-order valence-corrected chi connectivity index (χ4v) is 3.90.